The van der Waals surface area contributed by atoms with Crippen molar-refractivity contribution in [1.29, 1.82) is 0 Å². The summed E-state index contributed by atoms with van der Waals surface area (Å²) in [5, 5.41) is 0. The molecule has 1 saturated carbocycles. The Hall–Kier alpha value is -0.0400. The fourth-order valence-corrected chi connectivity index (χ4v) is 1.40. The summed E-state index contributed by atoms with van der Waals surface area (Å²) in [6.45, 7) is 4.54. The van der Waals surface area contributed by atoms with Crippen LogP contribution in [0, 0.1) is 0 Å². The fraction of sp³-hybridized carbons (Fsp3) is 1.00. The van der Waals surface area contributed by atoms with Gasteiger partial charge in [0.1, 0.15) is 0 Å². The number of hydrogen-bond donors (Lipinski definition) is 0. The minimum Gasteiger partial charge on any atom is -0.292 e. The van der Waals surface area contributed by atoms with Crippen LogP contribution in [0.4, 0.5) is 0 Å². The van der Waals surface area contributed by atoms with Crippen molar-refractivity contribution in [3.63, 3.8) is 0 Å². The molecule has 1 saturated heterocycles. The molecule has 0 aromatic rings. The molecular formula is C6H11N. The first kappa shape index (κ1) is 3.90. The lowest BCUT2D eigenvalue weighted by molar-refractivity contribution is 0.344. The predicted octanol–water partition coefficient (Wildman–Crippen LogP) is 0.851. The van der Waals surface area contributed by atoms with Crippen LogP contribution < -0.4 is 0 Å². The van der Waals surface area contributed by atoms with Crippen LogP contribution in [0.5, 0.6) is 0 Å². The SMILES string of the molecule is CC(C)N1C2CC21. The summed E-state index contributed by atoms with van der Waals surface area (Å²) in [4.78, 5) is 2.56. The van der Waals surface area contributed by atoms with E-state index in [1.807, 2.05) is 0 Å². The van der Waals surface area contributed by atoms with Gasteiger partial charge in [-0.25, -0.2) is 0 Å². The highest BCUT2D eigenvalue weighted by Gasteiger charge is 2.63. The Morgan fingerprint density at radius 2 is 2.00 bits per heavy atom. The molecule has 2 fully saturated rings. The molecule has 0 radical (unpaired) electrons. The molecule has 1 aliphatic heterocycles. The first-order valence-corrected chi connectivity index (χ1v) is 3.08. The molecule has 1 aliphatic carbocycles. The van der Waals surface area contributed by atoms with Crippen molar-refractivity contribution in [2.24, 2.45) is 0 Å². The number of nitrogens with zero attached hydrogens (tertiary/aromatic N) is 1. The maximum absolute atomic E-state index is 2.56. The van der Waals surface area contributed by atoms with Gasteiger partial charge in [-0.3, -0.25) is 4.90 Å². The molecule has 0 bridgehead atoms. The van der Waals surface area contributed by atoms with Crippen LogP contribution in [-0.2, 0) is 0 Å². The van der Waals surface area contributed by atoms with Gasteiger partial charge >= 0.3 is 0 Å². The van der Waals surface area contributed by atoms with Crippen molar-refractivity contribution in [2.75, 3.05) is 0 Å². The molecule has 2 atom stereocenters. The second-order valence-corrected chi connectivity index (χ2v) is 2.91. The Bertz CT molecular complexity index is 90.4. The molecule has 0 N–H and O–H groups in total. The van der Waals surface area contributed by atoms with E-state index in [9.17, 15) is 0 Å². The van der Waals surface area contributed by atoms with Crippen LogP contribution in [0.2, 0.25) is 0 Å². The lowest BCUT2D eigenvalue weighted by Crippen LogP contribution is -2.17. The first-order chi connectivity index (χ1) is 3.30. The number of likely N-dealkylation sites (tertiary alicyclic amines) is 1. The van der Waals surface area contributed by atoms with E-state index in [4.69, 9.17) is 0 Å². The van der Waals surface area contributed by atoms with Gasteiger partial charge in [-0.15, -0.1) is 0 Å². The van der Waals surface area contributed by atoms with E-state index in [2.05, 4.69) is 18.7 Å². The van der Waals surface area contributed by atoms with Gasteiger partial charge in [-0.1, -0.05) is 0 Å². The second kappa shape index (κ2) is 0.873. The van der Waals surface area contributed by atoms with Crippen molar-refractivity contribution in [2.45, 2.75) is 38.4 Å². The van der Waals surface area contributed by atoms with Gasteiger partial charge in [0, 0.05) is 18.1 Å². The molecule has 40 valence electrons. The predicted molar refractivity (Wildman–Crippen MR) is 29.2 cm³/mol. The summed E-state index contributed by atoms with van der Waals surface area (Å²) in [7, 11) is 0. The zero-order valence-corrected chi connectivity index (χ0v) is 4.89. The Balaban J connectivity index is 1.91. The zero-order valence-electron chi connectivity index (χ0n) is 4.89. The highest BCUT2D eigenvalue weighted by Crippen LogP contribution is 2.51. The standard InChI is InChI=1S/C6H11N/c1-4(2)7-5-3-6(5)7/h4-6H,3H2,1-2H3. The van der Waals surface area contributed by atoms with Crippen LogP contribution in [0.25, 0.3) is 0 Å². The Labute approximate surface area is 44.3 Å². The summed E-state index contributed by atoms with van der Waals surface area (Å²) in [6.07, 6.45) is 1.50. The summed E-state index contributed by atoms with van der Waals surface area (Å²) < 4.78 is 0. The zero-order chi connectivity index (χ0) is 5.02. The Morgan fingerprint density at radius 1 is 1.43 bits per heavy atom. The molecule has 0 aromatic heterocycles. The molecule has 7 heavy (non-hydrogen) atoms. The molecule has 1 nitrogen and oxygen atoms in total. The topological polar surface area (TPSA) is 3.01 Å². The minimum atomic E-state index is 0.823. The van der Waals surface area contributed by atoms with Crippen molar-refractivity contribution in [3.05, 3.63) is 0 Å². The van der Waals surface area contributed by atoms with Gasteiger partial charge in [0.2, 0.25) is 0 Å². The van der Waals surface area contributed by atoms with Gasteiger partial charge in [-0.05, 0) is 20.3 Å². The monoisotopic (exact) mass is 97.1 g/mol. The lowest BCUT2D eigenvalue weighted by Gasteiger charge is -2.10. The third kappa shape index (κ3) is 0.367. The molecule has 1 heteroatoms. The highest BCUT2D eigenvalue weighted by atomic mass is 15.4. The van der Waals surface area contributed by atoms with Crippen molar-refractivity contribution in [3.8, 4) is 0 Å². The molecule has 2 unspecified atom stereocenters. The molecule has 1 heterocycles. The molecule has 0 spiro atoms. The minimum absolute atomic E-state index is 0.823. The van der Waals surface area contributed by atoms with E-state index >= 15 is 0 Å². The van der Waals surface area contributed by atoms with Crippen molar-refractivity contribution in [1.82, 2.24) is 4.90 Å². The summed E-state index contributed by atoms with van der Waals surface area (Å²) >= 11 is 0. The third-order valence-electron chi connectivity index (χ3n) is 2.00. The van der Waals surface area contributed by atoms with Gasteiger partial charge in [0.25, 0.3) is 0 Å². The van der Waals surface area contributed by atoms with Crippen molar-refractivity contribution >= 4 is 0 Å². The largest absolute Gasteiger partial charge is 0.292 e. The van der Waals surface area contributed by atoms with Gasteiger partial charge in [-0.2, -0.15) is 0 Å². The maximum atomic E-state index is 2.56. The van der Waals surface area contributed by atoms with E-state index in [0.717, 1.165) is 18.1 Å². The smallest absolute Gasteiger partial charge is 0.0274 e. The average Bonchev–Trinajstić information content (AvgIpc) is 2.02. The van der Waals surface area contributed by atoms with Crippen LogP contribution in [-0.4, -0.2) is 23.0 Å². The van der Waals surface area contributed by atoms with Crippen LogP contribution in [0.3, 0.4) is 0 Å². The van der Waals surface area contributed by atoms with Crippen LogP contribution >= 0.6 is 0 Å². The summed E-state index contributed by atoms with van der Waals surface area (Å²) in [6, 6.07) is 2.91. The van der Waals surface area contributed by atoms with E-state index < -0.39 is 0 Å². The first-order valence-electron chi connectivity index (χ1n) is 3.08. The molecule has 0 amide bonds. The molecule has 2 aliphatic rings. The van der Waals surface area contributed by atoms with Gasteiger partial charge < -0.3 is 0 Å². The van der Waals surface area contributed by atoms with E-state index in [1.54, 1.807) is 0 Å². The molecule has 0 aromatic carbocycles. The highest BCUT2D eigenvalue weighted by molar-refractivity contribution is 5.20. The normalized spacial score (nSPS) is 54.4. The second-order valence-electron chi connectivity index (χ2n) is 2.91. The van der Waals surface area contributed by atoms with Gasteiger partial charge in [0.05, 0.1) is 0 Å². The molecule has 2 rings (SSSR count). The Kier molecular flexibility index (Phi) is 0.487. The number of fused-ring (bicyclic) bond motifs is 1. The van der Waals surface area contributed by atoms with E-state index in [-0.39, 0.29) is 0 Å². The quantitative estimate of drug-likeness (QED) is 0.438. The van der Waals surface area contributed by atoms with Crippen LogP contribution in [0.1, 0.15) is 20.3 Å². The van der Waals surface area contributed by atoms with Crippen LogP contribution in [0.15, 0.2) is 0 Å². The number of hydrogen-bond acceptors (Lipinski definition) is 1. The fourth-order valence-electron chi connectivity index (χ4n) is 1.40. The lowest BCUT2D eigenvalue weighted by atomic mass is 10.4. The van der Waals surface area contributed by atoms with Gasteiger partial charge in [0.15, 0.2) is 0 Å². The number of rotatable bonds is 1. The summed E-state index contributed by atoms with van der Waals surface area (Å²) in [5.74, 6) is 0. The Morgan fingerprint density at radius 3 is 2.00 bits per heavy atom. The van der Waals surface area contributed by atoms with Crippen molar-refractivity contribution < 1.29 is 0 Å². The molecular weight excluding hydrogens is 86.1 g/mol. The third-order valence-corrected chi connectivity index (χ3v) is 2.00. The van der Waals surface area contributed by atoms with E-state index in [1.165, 1.54) is 6.42 Å². The summed E-state index contributed by atoms with van der Waals surface area (Å²) in [5.41, 5.74) is 0. The average molecular weight is 97.2 g/mol. The van der Waals surface area contributed by atoms with E-state index in [0.29, 0.717) is 0 Å². The maximum Gasteiger partial charge on any atom is 0.0274 e.